The van der Waals surface area contributed by atoms with E-state index in [0.29, 0.717) is 0 Å². The second kappa shape index (κ2) is 7.23. The molecule has 0 radical (unpaired) electrons. The summed E-state index contributed by atoms with van der Waals surface area (Å²) < 4.78 is 6.89. The summed E-state index contributed by atoms with van der Waals surface area (Å²) >= 11 is 1.71. The monoisotopic (exact) mass is 309 g/mol. The van der Waals surface area contributed by atoms with Crippen LogP contribution in [0.15, 0.2) is 48.5 Å². The average molecular weight is 309 g/mol. The molecular weight excluding hydrogens is 290 g/mol. The molecule has 22 heavy (non-hydrogen) atoms. The van der Waals surface area contributed by atoms with Crippen molar-refractivity contribution in [3.05, 3.63) is 59.1 Å². The van der Waals surface area contributed by atoms with Crippen LogP contribution in [0.3, 0.4) is 0 Å². The van der Waals surface area contributed by atoms with Crippen molar-refractivity contribution < 1.29 is 4.74 Å². The fourth-order valence-electron chi connectivity index (χ4n) is 2.14. The van der Waals surface area contributed by atoms with Gasteiger partial charge in [-0.1, -0.05) is 43.7 Å². The van der Waals surface area contributed by atoms with E-state index in [0.717, 1.165) is 41.3 Å². The van der Waals surface area contributed by atoms with Crippen molar-refractivity contribution >= 4 is 33.7 Å². The van der Waals surface area contributed by atoms with Crippen LogP contribution < -0.4 is 4.74 Å². The second-order valence-corrected chi connectivity index (χ2v) is 6.19. The molecule has 0 fully saturated rings. The summed E-state index contributed by atoms with van der Waals surface area (Å²) in [6.45, 7) is 2.96. The van der Waals surface area contributed by atoms with Crippen molar-refractivity contribution in [2.75, 3.05) is 6.61 Å². The summed E-state index contributed by atoms with van der Waals surface area (Å²) in [4.78, 5) is 4.60. The third kappa shape index (κ3) is 3.74. The molecule has 0 amide bonds. The van der Waals surface area contributed by atoms with Crippen molar-refractivity contribution in [2.24, 2.45) is 0 Å². The molecule has 3 aromatic rings. The van der Waals surface area contributed by atoms with Gasteiger partial charge in [-0.05, 0) is 42.3 Å². The number of ether oxygens (including phenoxy) is 1. The molecule has 0 spiro atoms. The van der Waals surface area contributed by atoms with Gasteiger partial charge in [-0.3, -0.25) is 0 Å². The summed E-state index contributed by atoms with van der Waals surface area (Å²) in [5.41, 5.74) is 2.22. The Balaban J connectivity index is 1.67. The predicted molar refractivity (Wildman–Crippen MR) is 95.4 cm³/mol. The lowest BCUT2D eigenvalue weighted by molar-refractivity contribution is 0.309. The molecule has 1 heterocycles. The van der Waals surface area contributed by atoms with Gasteiger partial charge in [0, 0.05) is 0 Å². The number of hydrogen-bond acceptors (Lipinski definition) is 3. The topological polar surface area (TPSA) is 22.1 Å². The summed E-state index contributed by atoms with van der Waals surface area (Å²) in [5, 5.41) is 1.03. The normalized spacial score (nSPS) is 11.3. The molecule has 0 saturated heterocycles. The van der Waals surface area contributed by atoms with Crippen LogP contribution in [0.1, 0.15) is 30.3 Å². The molecule has 0 N–H and O–H groups in total. The number of para-hydroxylation sites is 1. The first-order valence-corrected chi connectivity index (χ1v) is 8.43. The minimum atomic E-state index is 0.789. The number of hydrogen-bond donors (Lipinski definition) is 0. The summed E-state index contributed by atoms with van der Waals surface area (Å²) in [7, 11) is 0. The Bertz CT molecular complexity index is 725. The maximum Gasteiger partial charge on any atom is 0.119 e. The zero-order valence-electron chi connectivity index (χ0n) is 12.7. The minimum Gasteiger partial charge on any atom is -0.494 e. The first-order chi connectivity index (χ1) is 10.8. The van der Waals surface area contributed by atoms with Gasteiger partial charge in [0.05, 0.1) is 16.8 Å². The average Bonchev–Trinajstić information content (AvgIpc) is 2.97. The molecule has 112 valence electrons. The lowest BCUT2D eigenvalue weighted by atomic mass is 10.2. The Hall–Kier alpha value is -2.13. The van der Waals surface area contributed by atoms with E-state index >= 15 is 0 Å². The molecular formula is C19H19NOS. The van der Waals surface area contributed by atoms with E-state index in [2.05, 4.69) is 42.3 Å². The standard InChI is InChI=1S/C19H19NOS/c1-2-3-14-21-16-11-8-15(9-12-16)10-13-19-20-17-6-4-5-7-18(17)22-19/h4-13H,2-3,14H2,1H3. The maximum absolute atomic E-state index is 5.67. The quantitative estimate of drug-likeness (QED) is 0.549. The number of unbranched alkanes of at least 4 members (excludes halogenated alkanes) is 1. The molecule has 3 rings (SSSR count). The molecule has 0 aliphatic rings. The first kappa shape index (κ1) is 14.8. The highest BCUT2D eigenvalue weighted by Gasteiger charge is 1.99. The van der Waals surface area contributed by atoms with Crippen LogP contribution in [0.4, 0.5) is 0 Å². The smallest absolute Gasteiger partial charge is 0.119 e. The molecule has 0 unspecified atom stereocenters. The van der Waals surface area contributed by atoms with Gasteiger partial charge in [-0.15, -0.1) is 11.3 Å². The fourth-order valence-corrected chi connectivity index (χ4v) is 3.01. The van der Waals surface area contributed by atoms with Gasteiger partial charge < -0.3 is 4.74 Å². The van der Waals surface area contributed by atoms with Crippen LogP contribution in [0.25, 0.3) is 22.4 Å². The van der Waals surface area contributed by atoms with Crippen LogP contribution >= 0.6 is 11.3 Å². The van der Waals surface area contributed by atoms with Crippen molar-refractivity contribution in [1.82, 2.24) is 4.98 Å². The summed E-state index contributed by atoms with van der Waals surface area (Å²) in [5.74, 6) is 0.936. The van der Waals surface area contributed by atoms with Gasteiger partial charge in [0.2, 0.25) is 0 Å². The van der Waals surface area contributed by atoms with E-state index in [9.17, 15) is 0 Å². The van der Waals surface area contributed by atoms with Crippen LogP contribution in [0, 0.1) is 0 Å². The number of aromatic nitrogens is 1. The largest absolute Gasteiger partial charge is 0.494 e. The SMILES string of the molecule is CCCCOc1ccc(C=Cc2nc3ccccc3s2)cc1. The fraction of sp³-hybridized carbons (Fsp3) is 0.211. The highest BCUT2D eigenvalue weighted by Crippen LogP contribution is 2.23. The number of rotatable bonds is 6. The van der Waals surface area contributed by atoms with Gasteiger partial charge in [0.1, 0.15) is 10.8 Å². The van der Waals surface area contributed by atoms with Gasteiger partial charge in [0.25, 0.3) is 0 Å². The predicted octanol–water partition coefficient (Wildman–Crippen LogP) is 5.65. The van der Waals surface area contributed by atoms with E-state index in [1.165, 1.54) is 4.70 Å². The highest BCUT2D eigenvalue weighted by molar-refractivity contribution is 7.19. The van der Waals surface area contributed by atoms with E-state index in [1.807, 2.05) is 30.3 Å². The molecule has 0 aliphatic carbocycles. The van der Waals surface area contributed by atoms with Crippen molar-refractivity contribution in [3.8, 4) is 5.75 Å². The molecule has 0 saturated carbocycles. The van der Waals surface area contributed by atoms with Crippen LogP contribution in [0.5, 0.6) is 5.75 Å². The third-order valence-corrected chi connectivity index (χ3v) is 4.38. The Labute approximate surface area is 135 Å². The van der Waals surface area contributed by atoms with Crippen LogP contribution in [0.2, 0.25) is 0 Å². The second-order valence-electron chi connectivity index (χ2n) is 5.12. The van der Waals surface area contributed by atoms with E-state index in [1.54, 1.807) is 11.3 Å². The molecule has 2 nitrogen and oxygen atoms in total. The molecule has 0 atom stereocenters. The molecule has 0 bridgehead atoms. The Kier molecular flexibility index (Phi) is 4.86. The van der Waals surface area contributed by atoms with Gasteiger partial charge in [-0.25, -0.2) is 4.98 Å². The number of nitrogens with zero attached hydrogens (tertiary/aromatic N) is 1. The Morgan fingerprint density at radius 2 is 1.86 bits per heavy atom. The van der Waals surface area contributed by atoms with E-state index in [-0.39, 0.29) is 0 Å². The lowest BCUT2D eigenvalue weighted by Crippen LogP contribution is -1.95. The van der Waals surface area contributed by atoms with Crippen LogP contribution in [-0.4, -0.2) is 11.6 Å². The van der Waals surface area contributed by atoms with E-state index < -0.39 is 0 Å². The third-order valence-electron chi connectivity index (χ3n) is 3.38. The molecule has 1 aromatic heterocycles. The lowest BCUT2D eigenvalue weighted by Gasteiger charge is -2.04. The summed E-state index contributed by atoms with van der Waals surface area (Å²) in [6, 6.07) is 16.4. The number of fused-ring (bicyclic) bond motifs is 1. The Morgan fingerprint density at radius 3 is 2.64 bits per heavy atom. The molecule has 0 aliphatic heterocycles. The zero-order valence-corrected chi connectivity index (χ0v) is 13.5. The number of thiazole rings is 1. The maximum atomic E-state index is 5.67. The minimum absolute atomic E-state index is 0.789. The van der Waals surface area contributed by atoms with E-state index in [4.69, 9.17) is 4.74 Å². The summed E-state index contributed by atoms with van der Waals surface area (Å²) in [6.07, 6.45) is 6.41. The zero-order chi connectivity index (χ0) is 15.2. The van der Waals surface area contributed by atoms with Gasteiger partial charge >= 0.3 is 0 Å². The first-order valence-electron chi connectivity index (χ1n) is 7.61. The molecule has 3 heteroatoms. The Morgan fingerprint density at radius 1 is 1.05 bits per heavy atom. The molecule has 2 aromatic carbocycles. The van der Waals surface area contributed by atoms with Crippen molar-refractivity contribution in [1.29, 1.82) is 0 Å². The number of benzene rings is 2. The van der Waals surface area contributed by atoms with Crippen molar-refractivity contribution in [2.45, 2.75) is 19.8 Å². The van der Waals surface area contributed by atoms with Crippen LogP contribution in [-0.2, 0) is 0 Å². The van der Waals surface area contributed by atoms with Gasteiger partial charge in [-0.2, -0.15) is 0 Å². The van der Waals surface area contributed by atoms with Crippen molar-refractivity contribution in [3.63, 3.8) is 0 Å². The highest BCUT2D eigenvalue weighted by atomic mass is 32.1. The van der Waals surface area contributed by atoms with Gasteiger partial charge in [0.15, 0.2) is 0 Å².